The monoisotopic (exact) mass is 792 g/mol. The molecule has 1 aromatic carbocycles. The van der Waals surface area contributed by atoms with E-state index >= 15 is 0 Å². The molecule has 2 N–H and O–H groups in total. The van der Waals surface area contributed by atoms with Crippen molar-refractivity contribution < 1.29 is 9.53 Å². The molecule has 7 nitrogen and oxygen atoms in total. The van der Waals surface area contributed by atoms with Gasteiger partial charge in [0, 0.05) is 33.9 Å². The minimum Gasteiger partial charge on any atom is -0.464 e. The van der Waals surface area contributed by atoms with Gasteiger partial charge in [0.1, 0.15) is 0 Å². The van der Waals surface area contributed by atoms with Crippen LogP contribution in [0.25, 0.3) is 10.9 Å². The highest BCUT2D eigenvalue weighted by molar-refractivity contribution is 6.31. The van der Waals surface area contributed by atoms with Gasteiger partial charge in [0.25, 0.3) is 0 Å². The van der Waals surface area contributed by atoms with Gasteiger partial charge in [-0.05, 0) is 55.7 Å². The number of methoxy groups -OCH3 is 1. The number of hydrogen-bond donors (Lipinski definition) is 1. The molecule has 0 spiro atoms. The summed E-state index contributed by atoms with van der Waals surface area (Å²) in [5.74, 6) is 0.379. The standard InChI is InChI=1S/C22H22ClN5O2.23CH4/c1-30-22(29)19-11-28(27-26-19)5-4-12-6-13-8-14(7-12)20-18(9-13)25-17-10-15(23)2-3-16(17)21(20)24;;;;;;;;;;;;;;;;;;;;;;;/h2-3,6,10-11,13-14H,4-5,7-9H2,1H3,(H2,24,25);23*1H4. The van der Waals surface area contributed by atoms with Crippen molar-refractivity contribution >= 4 is 34.2 Å². The van der Waals surface area contributed by atoms with Gasteiger partial charge in [-0.15, -0.1) is 5.10 Å². The number of hydrogen-bond acceptors (Lipinski definition) is 6. The van der Waals surface area contributed by atoms with E-state index in [4.69, 9.17) is 22.3 Å². The summed E-state index contributed by atoms with van der Waals surface area (Å²) in [6.45, 7) is 0.673. The summed E-state index contributed by atoms with van der Waals surface area (Å²) in [5.41, 5.74) is 12.3. The quantitative estimate of drug-likeness (QED) is 0.209. The number of pyridine rings is 1. The highest BCUT2D eigenvalue weighted by Gasteiger charge is 2.33. The molecule has 8 heteroatoms. The molecule has 2 aliphatic carbocycles. The fourth-order valence-electron chi connectivity index (χ4n) is 4.84. The van der Waals surface area contributed by atoms with Gasteiger partial charge in [0.15, 0.2) is 5.69 Å². The molecule has 2 unspecified atom stereocenters. The van der Waals surface area contributed by atoms with Crippen LogP contribution < -0.4 is 5.73 Å². The van der Waals surface area contributed by atoms with Crippen molar-refractivity contribution in [1.82, 2.24) is 20.0 Å². The molecule has 5 rings (SSSR count). The molecular weight excluding hydrogens is 678 g/mol. The minimum absolute atomic E-state index is 0. The molecule has 3 aromatic rings. The van der Waals surface area contributed by atoms with Crippen LogP contribution in [0.1, 0.15) is 218 Å². The lowest BCUT2D eigenvalue weighted by molar-refractivity contribution is 0.0594. The van der Waals surface area contributed by atoms with Gasteiger partial charge < -0.3 is 10.5 Å². The zero-order valence-corrected chi connectivity index (χ0v) is 17.4. The highest BCUT2D eigenvalue weighted by atomic mass is 35.5. The maximum atomic E-state index is 11.6. The van der Waals surface area contributed by atoms with Gasteiger partial charge in [-0.25, -0.2) is 4.79 Å². The highest BCUT2D eigenvalue weighted by Crippen LogP contribution is 2.47. The van der Waals surface area contributed by atoms with Crippen LogP contribution in [-0.4, -0.2) is 33.1 Å². The number of halogens is 1. The minimum atomic E-state index is -0.472. The molecule has 0 fully saturated rings. The van der Waals surface area contributed by atoms with E-state index in [-0.39, 0.29) is 177 Å². The number of anilines is 1. The van der Waals surface area contributed by atoms with E-state index in [1.807, 2.05) is 18.2 Å². The number of fused-ring (bicyclic) bond motifs is 5. The summed E-state index contributed by atoms with van der Waals surface area (Å²) >= 11 is 6.15. The molecule has 0 aliphatic heterocycles. The Kier molecular flexibility index (Phi) is 121. The van der Waals surface area contributed by atoms with Crippen LogP contribution in [-0.2, 0) is 17.7 Å². The number of benzene rings is 1. The zero-order valence-electron chi connectivity index (χ0n) is 16.6. The number of carbonyl (C=O) groups excluding carboxylic acids is 1. The van der Waals surface area contributed by atoms with Crippen LogP contribution in [0.4, 0.5) is 5.69 Å². The molecule has 0 amide bonds. The van der Waals surface area contributed by atoms with Gasteiger partial charge in [-0.2, -0.15) is 0 Å². The molecule has 53 heavy (non-hydrogen) atoms. The Labute approximate surface area is 348 Å². The fraction of sp³-hybridized carbons (Fsp3) is 0.689. The number of aromatic nitrogens is 4. The Bertz CT molecular complexity index is 1190. The van der Waals surface area contributed by atoms with Crippen molar-refractivity contribution in [2.75, 3.05) is 12.8 Å². The Hall–Kier alpha value is -2.93. The Morgan fingerprint density at radius 3 is 1.75 bits per heavy atom. The van der Waals surface area contributed by atoms with Gasteiger partial charge >= 0.3 is 5.97 Å². The normalized spacial score (nSPS) is 11.3. The number of nitrogen functional groups attached to an aromatic ring is 1. The Balaban J connectivity index is -0.0000000296. The number of ether oxygens (including phenoxy) is 1. The number of allylic oxidation sites excluding steroid dienone is 2. The lowest BCUT2D eigenvalue weighted by Gasteiger charge is -2.36. The first kappa shape index (κ1) is 125. The van der Waals surface area contributed by atoms with E-state index in [2.05, 4.69) is 21.1 Å². The number of rotatable bonds is 4. The molecule has 0 saturated heterocycles. The summed E-state index contributed by atoms with van der Waals surface area (Å²) in [6.07, 6.45) is 7.85. The van der Waals surface area contributed by atoms with Crippen LogP contribution in [0.5, 0.6) is 0 Å². The average molecular weight is 793 g/mol. The van der Waals surface area contributed by atoms with Crippen molar-refractivity contribution in [2.24, 2.45) is 5.92 Å². The summed E-state index contributed by atoms with van der Waals surface area (Å²) in [6, 6.07) is 5.72. The maximum Gasteiger partial charge on any atom is 0.360 e. The lowest BCUT2D eigenvalue weighted by atomic mass is 9.70. The molecule has 2 aliphatic rings. The third kappa shape index (κ3) is 24.9. The largest absolute Gasteiger partial charge is 0.464 e. The predicted molar refractivity (Wildman–Crippen MR) is 269 cm³/mol. The third-order valence-electron chi connectivity index (χ3n) is 6.13. The van der Waals surface area contributed by atoms with E-state index < -0.39 is 5.97 Å². The number of esters is 1. The van der Waals surface area contributed by atoms with Gasteiger partial charge in [-0.3, -0.25) is 9.67 Å². The number of carbonyl (C=O) groups is 1. The molecule has 2 bridgehead atoms. The predicted octanol–water partition coefficient (Wildman–Crippen LogP) is 18.5. The summed E-state index contributed by atoms with van der Waals surface area (Å²) in [4.78, 5) is 16.5. The average Bonchev–Trinajstić information content (AvgIpc) is 3.20. The van der Waals surface area contributed by atoms with Gasteiger partial charge in [-0.1, -0.05) is 199 Å². The molecular formula is C45H114ClN5O2. The second-order valence-corrected chi connectivity index (χ2v) is 8.52. The van der Waals surface area contributed by atoms with Crippen LogP contribution >= 0.6 is 11.6 Å². The van der Waals surface area contributed by atoms with Crippen LogP contribution in [0.15, 0.2) is 36.0 Å². The second kappa shape index (κ2) is 51.2. The molecule has 0 radical (unpaired) electrons. The molecule has 2 heterocycles. The van der Waals surface area contributed by atoms with Crippen molar-refractivity contribution in [3.05, 3.63) is 58.0 Å². The summed E-state index contributed by atoms with van der Waals surface area (Å²) in [5, 5.41) is 9.55. The molecule has 2 atom stereocenters. The lowest BCUT2D eigenvalue weighted by Crippen LogP contribution is -2.25. The summed E-state index contributed by atoms with van der Waals surface area (Å²) < 4.78 is 6.38. The van der Waals surface area contributed by atoms with E-state index in [0.717, 1.165) is 48.0 Å². The second-order valence-electron chi connectivity index (χ2n) is 8.08. The van der Waals surface area contributed by atoms with Crippen molar-refractivity contribution in [3.63, 3.8) is 0 Å². The molecule has 2 aromatic heterocycles. The van der Waals surface area contributed by atoms with Crippen molar-refractivity contribution in [3.8, 4) is 0 Å². The number of nitrogens with zero attached hydrogens (tertiary/aromatic N) is 4. The van der Waals surface area contributed by atoms with Gasteiger partial charge in [0.05, 0.1) is 18.8 Å². The SMILES string of the molecule is C.C.C.C.C.C.C.C.C.C.C.C.C.C.C.C.C.C.C.C.C.C.C.COC(=O)c1cn(CCC2=CC3Cc4nc5cc(Cl)ccc5c(N)c4C(C2)C3)nn1. The van der Waals surface area contributed by atoms with E-state index in [0.29, 0.717) is 23.4 Å². The van der Waals surface area contributed by atoms with Crippen LogP contribution in [0.2, 0.25) is 5.02 Å². The van der Waals surface area contributed by atoms with Gasteiger partial charge in [0.2, 0.25) is 0 Å². The first-order valence-electron chi connectivity index (χ1n) is 10.1. The van der Waals surface area contributed by atoms with Crippen LogP contribution in [0.3, 0.4) is 0 Å². The maximum absolute atomic E-state index is 11.6. The Morgan fingerprint density at radius 1 is 0.792 bits per heavy atom. The molecule has 0 saturated carbocycles. The zero-order chi connectivity index (χ0) is 20.8. The first-order valence-corrected chi connectivity index (χ1v) is 10.4. The number of nitrogens with two attached hydrogens (primary N) is 1. The number of aryl methyl sites for hydroxylation is 1. The van der Waals surface area contributed by atoms with Crippen LogP contribution in [0, 0.1) is 5.92 Å². The fourth-order valence-corrected chi connectivity index (χ4v) is 5.00. The third-order valence-corrected chi connectivity index (χ3v) is 6.37. The first-order chi connectivity index (χ1) is 14.5. The Morgan fingerprint density at radius 2 is 1.28 bits per heavy atom. The van der Waals surface area contributed by atoms with Crippen molar-refractivity contribution in [2.45, 2.75) is 209 Å². The van der Waals surface area contributed by atoms with E-state index in [1.165, 1.54) is 18.2 Å². The summed E-state index contributed by atoms with van der Waals surface area (Å²) in [7, 11) is 1.34. The van der Waals surface area contributed by atoms with E-state index in [9.17, 15) is 4.79 Å². The molecule has 338 valence electrons. The smallest absolute Gasteiger partial charge is 0.360 e. The van der Waals surface area contributed by atoms with E-state index in [1.54, 1.807) is 10.9 Å². The topological polar surface area (TPSA) is 95.9 Å². The van der Waals surface area contributed by atoms with Crippen molar-refractivity contribution in [1.29, 1.82) is 0 Å².